The largest absolute Gasteiger partial charge is 0.492 e. The maximum atomic E-state index is 13.5. The van der Waals surface area contributed by atoms with Gasteiger partial charge in [0.15, 0.2) is 0 Å². The number of para-hydroxylation sites is 1. The van der Waals surface area contributed by atoms with Crippen LogP contribution < -0.4 is 10.5 Å². The molecule has 0 saturated carbocycles. The molecule has 0 unspecified atom stereocenters. The molecule has 1 heterocycles. The molecule has 0 fully saturated rings. The van der Waals surface area contributed by atoms with Crippen LogP contribution >= 0.6 is 0 Å². The number of ether oxygens (including phenoxy) is 1. The topological polar surface area (TPSA) is 53.1 Å². The number of nitrogen functional groups attached to an aromatic ring is 1. The SMILES string of the molecule is Cc1cc2c(cc1F)nc(N)n2CCOc1ccccc1. The van der Waals surface area contributed by atoms with Crippen LogP contribution in [0.2, 0.25) is 0 Å². The number of nitrogens with two attached hydrogens (primary N) is 1. The van der Waals surface area contributed by atoms with Crippen molar-refractivity contribution in [2.45, 2.75) is 13.5 Å². The van der Waals surface area contributed by atoms with Crippen molar-refractivity contribution in [1.29, 1.82) is 0 Å². The van der Waals surface area contributed by atoms with Gasteiger partial charge in [-0.3, -0.25) is 0 Å². The zero-order valence-corrected chi connectivity index (χ0v) is 11.7. The zero-order valence-electron chi connectivity index (χ0n) is 11.7. The van der Waals surface area contributed by atoms with E-state index in [0.29, 0.717) is 30.2 Å². The lowest BCUT2D eigenvalue weighted by atomic mass is 10.2. The Kier molecular flexibility index (Phi) is 3.48. The summed E-state index contributed by atoms with van der Waals surface area (Å²) < 4.78 is 21.0. The van der Waals surface area contributed by atoms with Gasteiger partial charge < -0.3 is 15.0 Å². The molecule has 1 aromatic heterocycles. The van der Waals surface area contributed by atoms with Crippen molar-refractivity contribution in [1.82, 2.24) is 9.55 Å². The summed E-state index contributed by atoms with van der Waals surface area (Å²) in [6.07, 6.45) is 0. The van der Waals surface area contributed by atoms with E-state index >= 15 is 0 Å². The fraction of sp³-hybridized carbons (Fsp3) is 0.188. The summed E-state index contributed by atoms with van der Waals surface area (Å²) >= 11 is 0. The quantitative estimate of drug-likeness (QED) is 0.801. The second-order valence-corrected chi connectivity index (χ2v) is 4.87. The predicted molar refractivity (Wildman–Crippen MR) is 80.8 cm³/mol. The number of imidazole rings is 1. The van der Waals surface area contributed by atoms with E-state index in [1.165, 1.54) is 6.07 Å². The molecule has 0 aliphatic heterocycles. The molecule has 0 aliphatic carbocycles. The molecule has 2 aromatic carbocycles. The summed E-state index contributed by atoms with van der Waals surface area (Å²) in [5.41, 5.74) is 7.87. The molecule has 0 atom stereocenters. The van der Waals surface area contributed by atoms with Crippen molar-refractivity contribution in [2.24, 2.45) is 0 Å². The summed E-state index contributed by atoms with van der Waals surface area (Å²) in [7, 11) is 0. The molecular formula is C16H16FN3O. The first-order valence-corrected chi connectivity index (χ1v) is 6.75. The van der Waals surface area contributed by atoms with Crippen molar-refractivity contribution in [3.8, 4) is 5.75 Å². The second kappa shape index (κ2) is 5.44. The van der Waals surface area contributed by atoms with Crippen LogP contribution in [-0.4, -0.2) is 16.2 Å². The lowest BCUT2D eigenvalue weighted by Gasteiger charge is -2.09. The van der Waals surface area contributed by atoms with Crippen LogP contribution in [0, 0.1) is 12.7 Å². The minimum absolute atomic E-state index is 0.271. The van der Waals surface area contributed by atoms with Gasteiger partial charge in [-0.25, -0.2) is 9.37 Å². The molecule has 2 N–H and O–H groups in total. The van der Waals surface area contributed by atoms with E-state index in [-0.39, 0.29) is 5.82 Å². The highest BCUT2D eigenvalue weighted by Gasteiger charge is 2.10. The molecule has 0 aliphatic rings. The molecule has 4 nitrogen and oxygen atoms in total. The molecule has 0 radical (unpaired) electrons. The third kappa shape index (κ3) is 2.67. The normalized spacial score (nSPS) is 11.0. The lowest BCUT2D eigenvalue weighted by Crippen LogP contribution is -2.10. The van der Waals surface area contributed by atoms with Crippen LogP contribution in [0.4, 0.5) is 10.3 Å². The van der Waals surface area contributed by atoms with Gasteiger partial charge in [-0.1, -0.05) is 18.2 Å². The van der Waals surface area contributed by atoms with Crippen molar-refractivity contribution >= 4 is 17.0 Å². The molecule has 0 amide bonds. The first-order chi connectivity index (χ1) is 10.1. The second-order valence-electron chi connectivity index (χ2n) is 4.87. The third-order valence-corrected chi connectivity index (χ3v) is 3.38. The molecule has 0 bridgehead atoms. The Bertz CT molecular complexity index is 768. The minimum Gasteiger partial charge on any atom is -0.492 e. The standard InChI is InChI=1S/C16H16FN3O/c1-11-9-15-14(10-13(11)17)19-16(18)20(15)7-8-21-12-5-3-2-4-6-12/h2-6,9-10H,7-8H2,1H3,(H2,18,19). The number of benzene rings is 2. The first-order valence-electron chi connectivity index (χ1n) is 6.75. The number of aromatic nitrogens is 2. The van der Waals surface area contributed by atoms with Gasteiger partial charge in [0, 0.05) is 6.07 Å². The molecule has 3 aromatic rings. The van der Waals surface area contributed by atoms with Gasteiger partial charge in [-0.05, 0) is 30.7 Å². The Labute approximate surface area is 122 Å². The molecule has 21 heavy (non-hydrogen) atoms. The van der Waals surface area contributed by atoms with E-state index in [1.54, 1.807) is 13.0 Å². The molecule has 108 valence electrons. The number of aryl methyl sites for hydroxylation is 1. The number of rotatable bonds is 4. The Balaban J connectivity index is 1.80. The highest BCUT2D eigenvalue weighted by molar-refractivity contribution is 5.79. The average Bonchev–Trinajstić information content (AvgIpc) is 2.76. The van der Waals surface area contributed by atoms with Crippen LogP contribution in [0.15, 0.2) is 42.5 Å². The van der Waals surface area contributed by atoms with E-state index in [1.807, 2.05) is 34.9 Å². The van der Waals surface area contributed by atoms with E-state index < -0.39 is 0 Å². The van der Waals surface area contributed by atoms with Crippen LogP contribution in [-0.2, 0) is 6.54 Å². The van der Waals surface area contributed by atoms with Gasteiger partial charge in [0.1, 0.15) is 18.2 Å². The lowest BCUT2D eigenvalue weighted by molar-refractivity contribution is 0.301. The number of hydrogen-bond donors (Lipinski definition) is 1. The fourth-order valence-corrected chi connectivity index (χ4v) is 2.28. The van der Waals surface area contributed by atoms with Crippen LogP contribution in [0.25, 0.3) is 11.0 Å². The third-order valence-electron chi connectivity index (χ3n) is 3.38. The average molecular weight is 285 g/mol. The summed E-state index contributed by atoms with van der Waals surface area (Å²) in [5.74, 6) is 0.905. The number of nitrogens with zero attached hydrogens (tertiary/aromatic N) is 2. The Hall–Kier alpha value is -2.56. The molecule has 0 spiro atoms. The van der Waals surface area contributed by atoms with Gasteiger partial charge in [0.05, 0.1) is 17.6 Å². The van der Waals surface area contributed by atoms with E-state index in [2.05, 4.69) is 4.98 Å². The van der Waals surface area contributed by atoms with Crippen LogP contribution in [0.5, 0.6) is 5.75 Å². The molecule has 3 rings (SSSR count). The van der Waals surface area contributed by atoms with Gasteiger partial charge in [0.2, 0.25) is 5.95 Å². The van der Waals surface area contributed by atoms with Crippen LogP contribution in [0.1, 0.15) is 5.56 Å². The summed E-state index contributed by atoms with van der Waals surface area (Å²) in [6, 6.07) is 12.7. The minimum atomic E-state index is -0.271. The summed E-state index contributed by atoms with van der Waals surface area (Å²) in [6.45, 7) is 2.75. The number of halogens is 1. The number of anilines is 1. The van der Waals surface area contributed by atoms with Gasteiger partial charge in [-0.15, -0.1) is 0 Å². The summed E-state index contributed by atoms with van der Waals surface area (Å²) in [4.78, 5) is 4.19. The smallest absolute Gasteiger partial charge is 0.201 e. The molecule has 5 heteroatoms. The Morgan fingerprint density at radius 3 is 2.76 bits per heavy atom. The first kappa shape index (κ1) is 13.4. The van der Waals surface area contributed by atoms with Gasteiger partial charge >= 0.3 is 0 Å². The highest BCUT2D eigenvalue weighted by atomic mass is 19.1. The van der Waals surface area contributed by atoms with Crippen molar-refractivity contribution in [3.63, 3.8) is 0 Å². The maximum Gasteiger partial charge on any atom is 0.201 e. The monoisotopic (exact) mass is 285 g/mol. The maximum absolute atomic E-state index is 13.5. The van der Waals surface area contributed by atoms with Crippen molar-refractivity contribution < 1.29 is 9.13 Å². The van der Waals surface area contributed by atoms with Crippen LogP contribution in [0.3, 0.4) is 0 Å². The molecule has 0 saturated heterocycles. The van der Waals surface area contributed by atoms with E-state index in [9.17, 15) is 4.39 Å². The molecular weight excluding hydrogens is 269 g/mol. The predicted octanol–water partition coefficient (Wildman–Crippen LogP) is 3.15. The zero-order chi connectivity index (χ0) is 14.8. The highest BCUT2D eigenvalue weighted by Crippen LogP contribution is 2.21. The fourth-order valence-electron chi connectivity index (χ4n) is 2.28. The number of fused-ring (bicyclic) bond motifs is 1. The number of hydrogen-bond acceptors (Lipinski definition) is 3. The van der Waals surface area contributed by atoms with E-state index in [0.717, 1.165) is 11.3 Å². The Morgan fingerprint density at radius 1 is 1.24 bits per heavy atom. The van der Waals surface area contributed by atoms with Crippen molar-refractivity contribution in [2.75, 3.05) is 12.3 Å². The summed E-state index contributed by atoms with van der Waals surface area (Å²) in [5, 5.41) is 0. The van der Waals surface area contributed by atoms with Gasteiger partial charge in [0.25, 0.3) is 0 Å². The Morgan fingerprint density at radius 2 is 2.00 bits per heavy atom. The van der Waals surface area contributed by atoms with Crippen molar-refractivity contribution in [3.05, 3.63) is 53.8 Å². The van der Waals surface area contributed by atoms with Gasteiger partial charge in [-0.2, -0.15) is 0 Å². The van der Waals surface area contributed by atoms with E-state index in [4.69, 9.17) is 10.5 Å².